The third-order valence-electron chi connectivity index (χ3n) is 4.76. The van der Waals surface area contributed by atoms with E-state index < -0.39 is 5.60 Å². The van der Waals surface area contributed by atoms with Crippen molar-refractivity contribution in [3.05, 3.63) is 24.3 Å². The second-order valence-corrected chi connectivity index (χ2v) is 8.03. The van der Waals surface area contributed by atoms with Gasteiger partial charge in [0.15, 0.2) is 0 Å². The molecule has 3 rings (SSSR count). The van der Waals surface area contributed by atoms with Gasteiger partial charge in [0.05, 0.1) is 13.2 Å². The fraction of sp³-hybridized carbons (Fsp3) is 0.650. The molecule has 0 aliphatic carbocycles. The summed E-state index contributed by atoms with van der Waals surface area (Å²) in [6.07, 6.45) is 1.67. The van der Waals surface area contributed by atoms with Gasteiger partial charge in [0.25, 0.3) is 0 Å². The van der Waals surface area contributed by atoms with Crippen LogP contribution in [0.2, 0.25) is 0 Å². The van der Waals surface area contributed by atoms with Crippen LogP contribution in [-0.2, 0) is 9.47 Å². The molecule has 0 aromatic heterocycles. The van der Waals surface area contributed by atoms with Gasteiger partial charge >= 0.3 is 6.09 Å². The zero-order chi connectivity index (χ0) is 18.6. The molecule has 2 aliphatic heterocycles. The maximum Gasteiger partial charge on any atom is 0.410 e. The summed E-state index contributed by atoms with van der Waals surface area (Å²) in [7, 11) is 0. The Bertz CT molecular complexity index is 583. The molecular formula is C20H31N3O3. The molecule has 1 aromatic rings. The number of amides is 1. The summed E-state index contributed by atoms with van der Waals surface area (Å²) in [6.45, 7) is 10.7. The van der Waals surface area contributed by atoms with E-state index in [9.17, 15) is 4.79 Å². The number of nitrogens with zero attached hydrogens (tertiary/aromatic N) is 2. The molecule has 0 saturated carbocycles. The van der Waals surface area contributed by atoms with Crippen LogP contribution < -0.4 is 10.2 Å². The number of benzene rings is 1. The minimum absolute atomic E-state index is 0.203. The lowest BCUT2D eigenvalue weighted by atomic mass is 10.0. The quantitative estimate of drug-likeness (QED) is 0.895. The molecule has 6 nitrogen and oxygen atoms in total. The van der Waals surface area contributed by atoms with Gasteiger partial charge in [0, 0.05) is 43.6 Å². The van der Waals surface area contributed by atoms with Gasteiger partial charge in [-0.3, -0.25) is 0 Å². The number of carbonyl (C=O) groups is 1. The van der Waals surface area contributed by atoms with Crippen molar-refractivity contribution in [2.75, 3.05) is 49.6 Å². The number of carbonyl (C=O) groups excluding carboxylic acids is 1. The van der Waals surface area contributed by atoms with Crippen molar-refractivity contribution in [3.8, 4) is 0 Å². The Morgan fingerprint density at radius 1 is 1.08 bits per heavy atom. The Balaban J connectivity index is 1.46. The Kier molecular flexibility index (Phi) is 5.91. The molecule has 1 aromatic carbocycles. The monoisotopic (exact) mass is 361 g/mol. The van der Waals surface area contributed by atoms with Gasteiger partial charge < -0.3 is 24.6 Å². The topological polar surface area (TPSA) is 54.0 Å². The first kappa shape index (κ1) is 18.8. The SMILES string of the molecule is CC(C)(C)OC(=O)N1CCC(Nc2ccc(N3CCOCC3)cc2)CC1. The van der Waals surface area contributed by atoms with E-state index in [0.29, 0.717) is 6.04 Å². The number of likely N-dealkylation sites (tertiary alicyclic amines) is 1. The zero-order valence-corrected chi connectivity index (χ0v) is 16.2. The lowest BCUT2D eigenvalue weighted by Crippen LogP contribution is -2.44. The first-order valence-electron chi connectivity index (χ1n) is 9.58. The van der Waals surface area contributed by atoms with Gasteiger partial charge in [-0.25, -0.2) is 4.79 Å². The number of morpholine rings is 1. The normalized spacial score (nSPS) is 19.3. The van der Waals surface area contributed by atoms with E-state index in [1.54, 1.807) is 0 Å². The molecule has 2 aliphatic rings. The number of hydrogen-bond donors (Lipinski definition) is 1. The Labute approximate surface area is 156 Å². The van der Waals surface area contributed by atoms with E-state index in [4.69, 9.17) is 9.47 Å². The van der Waals surface area contributed by atoms with E-state index in [1.165, 1.54) is 5.69 Å². The van der Waals surface area contributed by atoms with E-state index in [1.807, 2.05) is 25.7 Å². The summed E-state index contributed by atoms with van der Waals surface area (Å²) in [5, 5.41) is 3.60. The highest BCUT2D eigenvalue weighted by atomic mass is 16.6. The molecule has 2 saturated heterocycles. The second kappa shape index (κ2) is 8.16. The summed E-state index contributed by atoms with van der Waals surface area (Å²) >= 11 is 0. The summed E-state index contributed by atoms with van der Waals surface area (Å²) in [4.78, 5) is 16.3. The zero-order valence-electron chi connectivity index (χ0n) is 16.2. The number of hydrogen-bond acceptors (Lipinski definition) is 5. The fourth-order valence-electron chi connectivity index (χ4n) is 3.36. The Morgan fingerprint density at radius 3 is 2.27 bits per heavy atom. The average molecular weight is 361 g/mol. The maximum atomic E-state index is 12.1. The number of nitrogens with one attached hydrogen (secondary N) is 1. The van der Waals surface area contributed by atoms with Gasteiger partial charge in [-0.15, -0.1) is 0 Å². The van der Waals surface area contributed by atoms with Gasteiger partial charge in [-0.1, -0.05) is 0 Å². The van der Waals surface area contributed by atoms with Crippen molar-refractivity contribution in [1.82, 2.24) is 4.90 Å². The molecule has 0 radical (unpaired) electrons. The molecule has 0 spiro atoms. The summed E-state index contributed by atoms with van der Waals surface area (Å²) in [5.74, 6) is 0. The fourth-order valence-corrected chi connectivity index (χ4v) is 3.36. The van der Waals surface area contributed by atoms with Crippen LogP contribution in [0, 0.1) is 0 Å². The molecule has 0 bridgehead atoms. The van der Waals surface area contributed by atoms with Crippen LogP contribution in [0.15, 0.2) is 24.3 Å². The van der Waals surface area contributed by atoms with Crippen molar-refractivity contribution < 1.29 is 14.3 Å². The van der Waals surface area contributed by atoms with Crippen LogP contribution >= 0.6 is 0 Å². The molecule has 1 N–H and O–H groups in total. The lowest BCUT2D eigenvalue weighted by molar-refractivity contribution is 0.0210. The van der Waals surface area contributed by atoms with Crippen LogP contribution in [0.3, 0.4) is 0 Å². The summed E-state index contributed by atoms with van der Waals surface area (Å²) < 4.78 is 10.9. The Morgan fingerprint density at radius 2 is 1.69 bits per heavy atom. The molecule has 1 amide bonds. The average Bonchev–Trinajstić information content (AvgIpc) is 2.62. The van der Waals surface area contributed by atoms with Crippen molar-refractivity contribution in [2.24, 2.45) is 0 Å². The number of rotatable bonds is 3. The lowest BCUT2D eigenvalue weighted by Gasteiger charge is -2.34. The van der Waals surface area contributed by atoms with Gasteiger partial charge in [0.2, 0.25) is 0 Å². The first-order chi connectivity index (χ1) is 12.4. The summed E-state index contributed by atoms with van der Waals surface area (Å²) in [6, 6.07) is 9.02. The minimum Gasteiger partial charge on any atom is -0.444 e. The smallest absolute Gasteiger partial charge is 0.410 e. The minimum atomic E-state index is -0.436. The van der Waals surface area contributed by atoms with E-state index in [-0.39, 0.29) is 6.09 Å². The predicted octanol–water partition coefficient (Wildman–Crippen LogP) is 3.33. The molecule has 6 heteroatoms. The highest BCUT2D eigenvalue weighted by Crippen LogP contribution is 2.22. The molecular weight excluding hydrogens is 330 g/mol. The largest absolute Gasteiger partial charge is 0.444 e. The van der Waals surface area contributed by atoms with Crippen LogP contribution in [0.1, 0.15) is 33.6 Å². The van der Waals surface area contributed by atoms with Crippen LogP contribution in [0.5, 0.6) is 0 Å². The number of anilines is 2. The highest BCUT2D eigenvalue weighted by molar-refractivity contribution is 5.68. The van der Waals surface area contributed by atoms with Crippen LogP contribution in [0.4, 0.5) is 16.2 Å². The van der Waals surface area contributed by atoms with Crippen molar-refractivity contribution in [3.63, 3.8) is 0 Å². The molecule has 0 unspecified atom stereocenters. The molecule has 2 heterocycles. The predicted molar refractivity (Wildman–Crippen MR) is 104 cm³/mol. The standard InChI is InChI=1S/C20H31N3O3/c1-20(2,3)26-19(24)23-10-8-17(9-11-23)21-16-4-6-18(7-5-16)22-12-14-25-15-13-22/h4-7,17,21H,8-15H2,1-3H3. The molecule has 26 heavy (non-hydrogen) atoms. The van der Waals surface area contributed by atoms with Crippen molar-refractivity contribution in [2.45, 2.75) is 45.3 Å². The second-order valence-electron chi connectivity index (χ2n) is 8.03. The Hall–Kier alpha value is -1.95. The van der Waals surface area contributed by atoms with Gasteiger partial charge in [0.1, 0.15) is 5.60 Å². The highest BCUT2D eigenvalue weighted by Gasteiger charge is 2.26. The van der Waals surface area contributed by atoms with Gasteiger partial charge in [-0.05, 0) is 57.9 Å². The van der Waals surface area contributed by atoms with Crippen LogP contribution in [-0.4, -0.2) is 62.0 Å². The van der Waals surface area contributed by atoms with Crippen LogP contribution in [0.25, 0.3) is 0 Å². The number of piperidine rings is 1. The molecule has 2 fully saturated rings. The van der Waals surface area contributed by atoms with E-state index >= 15 is 0 Å². The third kappa shape index (κ3) is 5.27. The number of ether oxygens (including phenoxy) is 2. The van der Waals surface area contributed by atoms with E-state index in [2.05, 4.69) is 34.5 Å². The summed E-state index contributed by atoms with van der Waals surface area (Å²) in [5.41, 5.74) is 1.95. The maximum absolute atomic E-state index is 12.1. The molecule has 144 valence electrons. The third-order valence-corrected chi connectivity index (χ3v) is 4.76. The van der Waals surface area contributed by atoms with Gasteiger partial charge in [-0.2, -0.15) is 0 Å². The van der Waals surface area contributed by atoms with E-state index in [0.717, 1.165) is 57.9 Å². The first-order valence-corrected chi connectivity index (χ1v) is 9.58. The van der Waals surface area contributed by atoms with Crippen molar-refractivity contribution >= 4 is 17.5 Å². The van der Waals surface area contributed by atoms with Crippen molar-refractivity contribution in [1.29, 1.82) is 0 Å². The molecule has 0 atom stereocenters.